The Morgan fingerprint density at radius 2 is 2.12 bits per heavy atom. The van der Waals surface area contributed by atoms with E-state index < -0.39 is 0 Å². The van der Waals surface area contributed by atoms with Crippen LogP contribution in [-0.4, -0.2) is 36.7 Å². The zero-order chi connectivity index (χ0) is 18.4. The van der Waals surface area contributed by atoms with Gasteiger partial charge in [0, 0.05) is 25.8 Å². The van der Waals surface area contributed by atoms with Crippen LogP contribution < -0.4 is 10.2 Å². The average molecular weight is 353 g/mol. The summed E-state index contributed by atoms with van der Waals surface area (Å²) in [6.07, 6.45) is 2.86. The normalized spacial score (nSPS) is 18.4. The highest BCUT2D eigenvalue weighted by molar-refractivity contribution is 5.83. The molecule has 5 heteroatoms. The number of benzene rings is 1. The Hall–Kier alpha value is -2.40. The zero-order valence-corrected chi connectivity index (χ0v) is 15.5. The summed E-state index contributed by atoms with van der Waals surface area (Å²) in [6.45, 7) is 7.07. The Bertz CT molecular complexity index is 703. The number of hydrogen-bond acceptors (Lipinski definition) is 4. The molecule has 0 saturated carbocycles. The molecule has 0 unspecified atom stereocenters. The molecule has 1 saturated heterocycles. The molecule has 5 nitrogen and oxygen atoms in total. The minimum absolute atomic E-state index is 0.0600. The number of anilines is 1. The van der Waals surface area contributed by atoms with E-state index in [4.69, 9.17) is 4.74 Å². The van der Waals surface area contributed by atoms with Crippen LogP contribution in [0.5, 0.6) is 0 Å². The monoisotopic (exact) mass is 353 g/mol. The first-order valence-corrected chi connectivity index (χ1v) is 9.31. The zero-order valence-electron chi connectivity index (χ0n) is 15.5. The van der Waals surface area contributed by atoms with Gasteiger partial charge in [-0.3, -0.25) is 4.79 Å². The first kappa shape index (κ1) is 18.4. The number of nitrogens with zero attached hydrogens (tertiary/aromatic N) is 2. The third-order valence-corrected chi connectivity index (χ3v) is 4.77. The molecule has 2 atom stereocenters. The molecule has 0 spiro atoms. The summed E-state index contributed by atoms with van der Waals surface area (Å²) in [5.74, 6) is 0.911. The Labute approximate surface area is 155 Å². The maximum atomic E-state index is 12.5. The van der Waals surface area contributed by atoms with Gasteiger partial charge >= 0.3 is 0 Å². The molecule has 1 aliphatic heterocycles. The number of pyridine rings is 1. The van der Waals surface area contributed by atoms with Crippen molar-refractivity contribution in [3.8, 4) is 0 Å². The topological polar surface area (TPSA) is 54.5 Å². The van der Waals surface area contributed by atoms with Crippen LogP contribution in [0.25, 0.3) is 0 Å². The molecule has 1 aliphatic rings. The molecule has 1 aromatic carbocycles. The summed E-state index contributed by atoms with van der Waals surface area (Å²) in [5.41, 5.74) is 2.06. The maximum absolute atomic E-state index is 12.5. The van der Waals surface area contributed by atoms with E-state index in [1.807, 2.05) is 55.6 Å². The predicted molar refractivity (Wildman–Crippen MR) is 103 cm³/mol. The number of amides is 1. The van der Waals surface area contributed by atoms with Crippen LogP contribution in [0, 0.1) is 0 Å². The second kappa shape index (κ2) is 8.81. The number of aromatic nitrogens is 1. The van der Waals surface area contributed by atoms with E-state index in [1.54, 1.807) is 0 Å². The van der Waals surface area contributed by atoms with Gasteiger partial charge in [-0.2, -0.15) is 0 Å². The molecule has 1 fully saturated rings. The van der Waals surface area contributed by atoms with E-state index in [9.17, 15) is 4.79 Å². The van der Waals surface area contributed by atoms with Crippen molar-refractivity contribution in [2.45, 2.75) is 38.8 Å². The van der Waals surface area contributed by atoms with Gasteiger partial charge in [-0.15, -0.1) is 0 Å². The summed E-state index contributed by atoms with van der Waals surface area (Å²) in [4.78, 5) is 19.3. The van der Waals surface area contributed by atoms with Crippen LogP contribution in [0.2, 0.25) is 0 Å². The number of nitrogens with one attached hydrogen (secondary N) is 1. The van der Waals surface area contributed by atoms with E-state index >= 15 is 0 Å². The molecule has 0 aliphatic carbocycles. The van der Waals surface area contributed by atoms with Crippen molar-refractivity contribution in [3.63, 3.8) is 0 Å². The van der Waals surface area contributed by atoms with Crippen molar-refractivity contribution in [2.75, 3.05) is 24.6 Å². The van der Waals surface area contributed by atoms with Crippen molar-refractivity contribution in [1.29, 1.82) is 0 Å². The minimum atomic E-state index is -0.113. The van der Waals surface area contributed by atoms with E-state index in [1.165, 1.54) is 0 Å². The predicted octanol–water partition coefficient (Wildman–Crippen LogP) is 3.12. The van der Waals surface area contributed by atoms with Gasteiger partial charge in [0.05, 0.1) is 18.6 Å². The third-order valence-electron chi connectivity index (χ3n) is 4.77. The van der Waals surface area contributed by atoms with Gasteiger partial charge in [-0.05, 0) is 30.5 Å². The van der Waals surface area contributed by atoms with Crippen LogP contribution in [-0.2, 0) is 16.1 Å². The Morgan fingerprint density at radius 3 is 2.77 bits per heavy atom. The smallest absolute Gasteiger partial charge is 0.227 e. The van der Waals surface area contributed by atoms with Crippen LogP contribution in [0.1, 0.15) is 37.3 Å². The second-order valence-corrected chi connectivity index (χ2v) is 6.74. The lowest BCUT2D eigenvalue weighted by atomic mass is 9.95. The van der Waals surface area contributed by atoms with Gasteiger partial charge in [-0.25, -0.2) is 4.98 Å². The maximum Gasteiger partial charge on any atom is 0.227 e. The van der Waals surface area contributed by atoms with E-state index in [2.05, 4.69) is 22.1 Å². The molecule has 0 bridgehead atoms. The SMILES string of the molecule is CC[C@@H](C(=O)NCc1ccc(N2CCO[C@@H](C)C2)nc1)c1ccccc1. The average Bonchev–Trinajstić information content (AvgIpc) is 2.68. The number of hydrogen-bond donors (Lipinski definition) is 1. The highest BCUT2D eigenvalue weighted by Gasteiger charge is 2.19. The van der Waals surface area contributed by atoms with Gasteiger partial charge in [-0.1, -0.05) is 43.3 Å². The summed E-state index contributed by atoms with van der Waals surface area (Å²) in [7, 11) is 0. The Kier molecular flexibility index (Phi) is 6.23. The van der Waals surface area contributed by atoms with Crippen molar-refractivity contribution in [3.05, 3.63) is 59.8 Å². The first-order chi connectivity index (χ1) is 12.7. The quantitative estimate of drug-likeness (QED) is 0.867. The number of carbonyl (C=O) groups is 1. The summed E-state index contributed by atoms with van der Waals surface area (Å²) in [6, 6.07) is 14.0. The van der Waals surface area contributed by atoms with Crippen molar-refractivity contribution in [1.82, 2.24) is 10.3 Å². The van der Waals surface area contributed by atoms with Crippen LogP contribution in [0.3, 0.4) is 0 Å². The molecular formula is C21H27N3O2. The summed E-state index contributed by atoms with van der Waals surface area (Å²) >= 11 is 0. The highest BCUT2D eigenvalue weighted by Crippen LogP contribution is 2.20. The fraction of sp³-hybridized carbons (Fsp3) is 0.429. The first-order valence-electron chi connectivity index (χ1n) is 9.31. The molecule has 0 radical (unpaired) electrons. The molecular weight excluding hydrogens is 326 g/mol. The number of carbonyl (C=O) groups excluding carboxylic acids is 1. The Balaban J connectivity index is 1.56. The van der Waals surface area contributed by atoms with E-state index in [-0.39, 0.29) is 17.9 Å². The fourth-order valence-electron chi connectivity index (χ4n) is 3.31. The van der Waals surface area contributed by atoms with Crippen molar-refractivity contribution in [2.24, 2.45) is 0 Å². The number of rotatable bonds is 6. The Morgan fingerprint density at radius 1 is 1.31 bits per heavy atom. The molecule has 138 valence electrons. The number of morpholine rings is 1. The van der Waals surface area contributed by atoms with Crippen molar-refractivity contribution >= 4 is 11.7 Å². The van der Waals surface area contributed by atoms with Gasteiger partial charge in [0.25, 0.3) is 0 Å². The van der Waals surface area contributed by atoms with E-state index in [0.717, 1.165) is 43.1 Å². The van der Waals surface area contributed by atoms with Gasteiger partial charge in [0.1, 0.15) is 5.82 Å². The summed E-state index contributed by atoms with van der Waals surface area (Å²) < 4.78 is 5.57. The van der Waals surface area contributed by atoms with Gasteiger partial charge in [0.15, 0.2) is 0 Å². The van der Waals surface area contributed by atoms with Crippen LogP contribution in [0.15, 0.2) is 48.7 Å². The molecule has 26 heavy (non-hydrogen) atoms. The molecule has 1 N–H and O–H groups in total. The van der Waals surface area contributed by atoms with Gasteiger partial charge < -0.3 is 15.0 Å². The second-order valence-electron chi connectivity index (χ2n) is 6.74. The molecule has 2 aromatic rings. The van der Waals surface area contributed by atoms with Crippen molar-refractivity contribution < 1.29 is 9.53 Å². The standard InChI is InChI=1S/C21H27N3O2/c1-3-19(18-7-5-4-6-8-18)21(25)23-14-17-9-10-20(22-13-17)24-11-12-26-16(2)15-24/h4-10,13,16,19H,3,11-12,14-15H2,1-2H3,(H,23,25)/t16-,19+/m0/s1. The lowest BCUT2D eigenvalue weighted by molar-refractivity contribution is -0.122. The van der Waals surface area contributed by atoms with Gasteiger partial charge in [0.2, 0.25) is 5.91 Å². The van der Waals surface area contributed by atoms with Crippen LogP contribution in [0.4, 0.5) is 5.82 Å². The lowest BCUT2D eigenvalue weighted by Crippen LogP contribution is -2.41. The fourth-order valence-corrected chi connectivity index (χ4v) is 3.31. The number of ether oxygens (including phenoxy) is 1. The third kappa shape index (κ3) is 4.61. The lowest BCUT2D eigenvalue weighted by Gasteiger charge is -2.32. The molecule has 1 aromatic heterocycles. The summed E-state index contributed by atoms with van der Waals surface area (Å²) in [5, 5.41) is 3.04. The molecule has 1 amide bonds. The molecule has 2 heterocycles. The largest absolute Gasteiger partial charge is 0.375 e. The highest BCUT2D eigenvalue weighted by atomic mass is 16.5. The van der Waals surface area contributed by atoms with Crippen LogP contribution >= 0.6 is 0 Å². The van der Waals surface area contributed by atoms with E-state index in [0.29, 0.717) is 6.54 Å². The molecule has 3 rings (SSSR count). The minimum Gasteiger partial charge on any atom is -0.375 e.